The minimum atomic E-state index is -0.266. The second-order valence-electron chi connectivity index (χ2n) is 9.80. The van der Waals surface area contributed by atoms with Gasteiger partial charge in [-0.25, -0.2) is 4.79 Å². The fourth-order valence-electron chi connectivity index (χ4n) is 4.60. The average molecular weight is 536 g/mol. The van der Waals surface area contributed by atoms with E-state index in [1.54, 1.807) is 23.3 Å². The van der Waals surface area contributed by atoms with Crippen molar-refractivity contribution in [2.24, 2.45) is 5.92 Å². The summed E-state index contributed by atoms with van der Waals surface area (Å²) in [6.07, 6.45) is 1.71. The molecule has 0 radical (unpaired) electrons. The Bertz CT molecular complexity index is 1230. The van der Waals surface area contributed by atoms with Gasteiger partial charge in [0, 0.05) is 23.7 Å². The highest BCUT2D eigenvalue weighted by Crippen LogP contribution is 2.35. The van der Waals surface area contributed by atoms with Crippen LogP contribution >= 0.6 is 11.3 Å². The summed E-state index contributed by atoms with van der Waals surface area (Å²) in [7, 11) is 1.61. The number of methoxy groups -OCH3 is 1. The van der Waals surface area contributed by atoms with Crippen LogP contribution < -0.4 is 14.8 Å². The van der Waals surface area contributed by atoms with Crippen LogP contribution in [0.4, 0.5) is 10.5 Å². The highest BCUT2D eigenvalue weighted by Gasteiger charge is 2.34. The van der Waals surface area contributed by atoms with E-state index in [1.165, 1.54) is 4.88 Å². The first kappa shape index (κ1) is 27.5. The lowest BCUT2D eigenvalue weighted by Gasteiger charge is -2.37. The van der Waals surface area contributed by atoms with Gasteiger partial charge in [0.1, 0.15) is 13.2 Å². The molecular weight excluding hydrogens is 498 g/mol. The monoisotopic (exact) mass is 535 g/mol. The number of urea groups is 1. The SMILES string of the molecule is CC[C@@H](C)CN(CC(=O)N1CCc2sccc2[C@@H]1COc1ccccc1OC)C(=O)Nc1ccc(C)cc1. The lowest BCUT2D eigenvalue weighted by atomic mass is 10.00. The van der Waals surface area contributed by atoms with Gasteiger partial charge in [-0.05, 0) is 60.5 Å². The van der Waals surface area contributed by atoms with Gasteiger partial charge in [0.15, 0.2) is 11.5 Å². The highest BCUT2D eigenvalue weighted by molar-refractivity contribution is 7.10. The number of hydrogen-bond donors (Lipinski definition) is 1. The Morgan fingerprint density at radius 2 is 1.87 bits per heavy atom. The second-order valence-corrected chi connectivity index (χ2v) is 10.8. The Kier molecular flexibility index (Phi) is 9.29. The van der Waals surface area contributed by atoms with Crippen LogP contribution in [0.25, 0.3) is 0 Å². The minimum absolute atomic E-state index is 0.00661. The van der Waals surface area contributed by atoms with Gasteiger partial charge in [0.2, 0.25) is 5.91 Å². The zero-order valence-corrected chi connectivity index (χ0v) is 23.4. The number of aryl methyl sites for hydroxylation is 1. The number of thiophene rings is 1. The van der Waals surface area contributed by atoms with Crippen molar-refractivity contribution in [3.05, 3.63) is 76.0 Å². The van der Waals surface area contributed by atoms with Crippen LogP contribution in [-0.4, -0.2) is 55.1 Å². The molecule has 1 aliphatic heterocycles. The fraction of sp³-hybridized carbons (Fsp3) is 0.400. The number of ether oxygens (including phenoxy) is 2. The topological polar surface area (TPSA) is 71.1 Å². The van der Waals surface area contributed by atoms with Gasteiger partial charge in [-0.15, -0.1) is 11.3 Å². The minimum Gasteiger partial charge on any atom is -0.493 e. The van der Waals surface area contributed by atoms with E-state index in [4.69, 9.17) is 9.47 Å². The third-order valence-electron chi connectivity index (χ3n) is 7.03. The molecule has 1 N–H and O–H groups in total. The molecule has 38 heavy (non-hydrogen) atoms. The maximum Gasteiger partial charge on any atom is 0.322 e. The number of hydrogen-bond acceptors (Lipinski definition) is 5. The quantitative estimate of drug-likeness (QED) is 0.338. The molecule has 1 aliphatic rings. The molecule has 0 saturated carbocycles. The first-order chi connectivity index (χ1) is 18.4. The molecule has 7 nitrogen and oxygen atoms in total. The van der Waals surface area contributed by atoms with Crippen molar-refractivity contribution in [2.45, 2.75) is 39.7 Å². The third-order valence-corrected chi connectivity index (χ3v) is 8.02. The normalized spacial score (nSPS) is 15.4. The van der Waals surface area contributed by atoms with Gasteiger partial charge < -0.3 is 24.6 Å². The summed E-state index contributed by atoms with van der Waals surface area (Å²) in [4.78, 5) is 31.9. The van der Waals surface area contributed by atoms with E-state index in [0.29, 0.717) is 36.9 Å². The van der Waals surface area contributed by atoms with E-state index in [-0.39, 0.29) is 30.4 Å². The zero-order chi connectivity index (χ0) is 27.1. The molecule has 3 aromatic rings. The molecule has 0 spiro atoms. The first-order valence-electron chi connectivity index (χ1n) is 13.1. The van der Waals surface area contributed by atoms with E-state index in [9.17, 15) is 9.59 Å². The Morgan fingerprint density at radius 3 is 2.58 bits per heavy atom. The maximum atomic E-state index is 13.8. The van der Waals surface area contributed by atoms with Crippen molar-refractivity contribution < 1.29 is 19.1 Å². The summed E-state index contributed by atoms with van der Waals surface area (Å²) < 4.78 is 11.6. The Balaban J connectivity index is 1.51. The molecule has 3 amide bonds. The summed E-state index contributed by atoms with van der Waals surface area (Å²) >= 11 is 1.71. The average Bonchev–Trinajstić information content (AvgIpc) is 3.41. The van der Waals surface area contributed by atoms with E-state index < -0.39 is 0 Å². The number of nitrogens with zero attached hydrogens (tertiary/aromatic N) is 2. The predicted octanol–water partition coefficient (Wildman–Crippen LogP) is 6.15. The summed E-state index contributed by atoms with van der Waals surface area (Å²) in [6.45, 7) is 7.59. The van der Waals surface area contributed by atoms with Crippen molar-refractivity contribution in [1.29, 1.82) is 0 Å². The second kappa shape index (κ2) is 12.8. The molecule has 2 heterocycles. The van der Waals surface area contributed by atoms with Gasteiger partial charge in [-0.3, -0.25) is 4.79 Å². The Hall–Kier alpha value is -3.52. The molecule has 202 valence electrons. The molecule has 0 fully saturated rings. The van der Waals surface area contributed by atoms with Crippen LogP contribution in [0.5, 0.6) is 11.5 Å². The summed E-state index contributed by atoms with van der Waals surface area (Å²) in [5.74, 6) is 1.47. The number of fused-ring (bicyclic) bond motifs is 1. The number of amides is 3. The molecular formula is C30H37N3O4S. The summed E-state index contributed by atoms with van der Waals surface area (Å²) in [6, 6.07) is 16.8. The number of anilines is 1. The number of para-hydroxylation sites is 2. The smallest absolute Gasteiger partial charge is 0.322 e. The Morgan fingerprint density at radius 1 is 1.13 bits per heavy atom. The van der Waals surface area contributed by atoms with Crippen molar-refractivity contribution in [1.82, 2.24) is 9.80 Å². The standard InChI is InChI=1S/C30H37N3O4S/c1-5-21(2)18-32(30(35)31-23-12-10-22(3)11-13-23)19-29(34)33-16-14-28-24(15-17-38-28)25(33)20-37-27-9-7-6-8-26(27)36-4/h6-13,15,17,21,25H,5,14,16,18-20H2,1-4H3,(H,31,35)/t21-,25+/m1/s1. The lowest BCUT2D eigenvalue weighted by Crippen LogP contribution is -2.49. The molecule has 0 saturated heterocycles. The molecule has 0 aliphatic carbocycles. The number of carbonyl (C=O) groups is 2. The van der Waals surface area contributed by atoms with E-state index in [0.717, 1.165) is 24.0 Å². The van der Waals surface area contributed by atoms with Gasteiger partial charge in [0.25, 0.3) is 0 Å². The number of carbonyl (C=O) groups excluding carboxylic acids is 2. The highest BCUT2D eigenvalue weighted by atomic mass is 32.1. The molecule has 0 bridgehead atoms. The van der Waals surface area contributed by atoms with E-state index in [1.807, 2.05) is 60.4 Å². The van der Waals surface area contributed by atoms with Crippen LogP contribution in [0.2, 0.25) is 0 Å². The molecule has 1 aromatic heterocycles. The third kappa shape index (κ3) is 6.67. The van der Waals surface area contributed by atoms with Crippen molar-refractivity contribution in [2.75, 3.05) is 38.7 Å². The lowest BCUT2D eigenvalue weighted by molar-refractivity contribution is -0.135. The first-order valence-corrected chi connectivity index (χ1v) is 14.0. The Labute approximate surface area is 229 Å². The zero-order valence-electron chi connectivity index (χ0n) is 22.6. The van der Waals surface area contributed by atoms with Gasteiger partial charge >= 0.3 is 6.03 Å². The molecule has 4 rings (SSSR count). The van der Waals surface area contributed by atoms with Crippen molar-refractivity contribution >= 4 is 29.0 Å². The van der Waals surface area contributed by atoms with Crippen LogP contribution in [-0.2, 0) is 11.2 Å². The van der Waals surface area contributed by atoms with Crippen LogP contribution in [0.15, 0.2) is 60.0 Å². The number of rotatable bonds is 10. The molecule has 2 atom stereocenters. The van der Waals surface area contributed by atoms with Crippen LogP contribution in [0.3, 0.4) is 0 Å². The van der Waals surface area contributed by atoms with Crippen LogP contribution in [0, 0.1) is 12.8 Å². The van der Waals surface area contributed by atoms with Gasteiger partial charge in [-0.1, -0.05) is 50.1 Å². The van der Waals surface area contributed by atoms with E-state index >= 15 is 0 Å². The molecule has 0 unspecified atom stereocenters. The van der Waals surface area contributed by atoms with Crippen molar-refractivity contribution in [3.8, 4) is 11.5 Å². The predicted molar refractivity (Wildman–Crippen MR) is 152 cm³/mol. The van der Waals surface area contributed by atoms with Gasteiger partial charge in [0.05, 0.1) is 13.2 Å². The number of benzene rings is 2. The van der Waals surface area contributed by atoms with Crippen molar-refractivity contribution in [3.63, 3.8) is 0 Å². The maximum absolute atomic E-state index is 13.8. The molecule has 2 aromatic carbocycles. The largest absolute Gasteiger partial charge is 0.493 e. The molecule has 8 heteroatoms. The van der Waals surface area contributed by atoms with E-state index in [2.05, 4.69) is 30.6 Å². The van der Waals surface area contributed by atoms with Crippen LogP contribution in [0.1, 0.15) is 42.3 Å². The summed E-state index contributed by atoms with van der Waals surface area (Å²) in [5, 5.41) is 5.04. The number of nitrogens with one attached hydrogen (secondary N) is 1. The van der Waals surface area contributed by atoms with Gasteiger partial charge in [-0.2, -0.15) is 0 Å². The summed E-state index contributed by atoms with van der Waals surface area (Å²) in [5.41, 5.74) is 2.95. The fourth-order valence-corrected chi connectivity index (χ4v) is 5.53.